The second-order valence-corrected chi connectivity index (χ2v) is 4.24. The summed E-state index contributed by atoms with van der Waals surface area (Å²) in [7, 11) is 1.89. The molecule has 0 aliphatic heterocycles. The summed E-state index contributed by atoms with van der Waals surface area (Å²) in [5, 5.41) is 11.6. The predicted octanol–water partition coefficient (Wildman–Crippen LogP) is 0.998. The van der Waals surface area contributed by atoms with Gasteiger partial charge in [0.2, 0.25) is 5.91 Å². The first-order valence-corrected chi connectivity index (χ1v) is 5.54. The molecule has 0 spiro atoms. The molecule has 0 aliphatic carbocycles. The maximum atomic E-state index is 11.7. The molecule has 0 bridgehead atoms. The average molecular weight is 238 g/mol. The third-order valence-corrected chi connectivity index (χ3v) is 3.05. The molecule has 0 saturated carbocycles. The molecule has 0 saturated heterocycles. The van der Waals surface area contributed by atoms with Gasteiger partial charge in [0.25, 0.3) is 0 Å². The van der Waals surface area contributed by atoms with E-state index in [0.29, 0.717) is 6.54 Å². The number of amides is 1. The molecule has 17 heavy (non-hydrogen) atoms. The lowest BCUT2D eigenvalue weighted by Gasteiger charge is -2.15. The fourth-order valence-corrected chi connectivity index (χ4v) is 1.46. The molecule has 1 aromatic rings. The summed E-state index contributed by atoms with van der Waals surface area (Å²) in [6.07, 6.45) is 1.89. The molecule has 1 heterocycles. The molecule has 0 aromatic carbocycles. The van der Waals surface area contributed by atoms with E-state index in [1.807, 2.05) is 29.9 Å². The number of aromatic nitrogens is 1. The molecule has 1 aromatic heterocycles. The number of rotatable bonds is 5. The molecule has 0 fully saturated rings. The Bertz CT molecular complexity index is 412. The highest BCUT2D eigenvalue weighted by Gasteiger charge is 2.25. The Labute approximate surface area is 100 Å². The van der Waals surface area contributed by atoms with Crippen molar-refractivity contribution < 1.29 is 14.7 Å². The van der Waals surface area contributed by atoms with E-state index < -0.39 is 17.8 Å². The summed E-state index contributed by atoms with van der Waals surface area (Å²) in [5.74, 6) is -2.40. The van der Waals surface area contributed by atoms with E-state index in [-0.39, 0.29) is 5.91 Å². The summed E-state index contributed by atoms with van der Waals surface area (Å²) in [4.78, 5) is 22.5. The van der Waals surface area contributed by atoms with E-state index in [2.05, 4.69) is 5.32 Å². The molecule has 1 rings (SSSR count). The van der Waals surface area contributed by atoms with E-state index in [0.717, 1.165) is 5.69 Å². The second-order valence-electron chi connectivity index (χ2n) is 4.24. The Balaban J connectivity index is 2.50. The van der Waals surface area contributed by atoms with E-state index in [1.165, 1.54) is 6.92 Å². The minimum atomic E-state index is -0.952. The molecule has 0 aliphatic rings. The van der Waals surface area contributed by atoms with Crippen molar-refractivity contribution in [3.8, 4) is 0 Å². The van der Waals surface area contributed by atoms with E-state index in [9.17, 15) is 9.59 Å². The van der Waals surface area contributed by atoms with Gasteiger partial charge >= 0.3 is 5.97 Å². The quantitative estimate of drug-likeness (QED) is 0.803. The fraction of sp³-hybridized carbons (Fsp3) is 0.500. The van der Waals surface area contributed by atoms with E-state index in [1.54, 1.807) is 6.92 Å². The topological polar surface area (TPSA) is 71.3 Å². The number of aryl methyl sites for hydroxylation is 1. The highest BCUT2D eigenvalue weighted by molar-refractivity contribution is 5.84. The maximum Gasteiger partial charge on any atom is 0.307 e. The molecular weight excluding hydrogens is 220 g/mol. The summed E-state index contributed by atoms with van der Waals surface area (Å²) >= 11 is 0. The van der Waals surface area contributed by atoms with Crippen LogP contribution in [0, 0.1) is 11.8 Å². The lowest BCUT2D eigenvalue weighted by Crippen LogP contribution is -2.35. The number of carbonyl (C=O) groups excluding carboxylic acids is 1. The van der Waals surface area contributed by atoms with Crippen molar-refractivity contribution in [1.29, 1.82) is 0 Å². The zero-order valence-corrected chi connectivity index (χ0v) is 10.3. The number of carboxylic acid groups (broad SMARTS) is 1. The smallest absolute Gasteiger partial charge is 0.307 e. The molecule has 2 N–H and O–H groups in total. The van der Waals surface area contributed by atoms with Gasteiger partial charge in [-0.3, -0.25) is 9.59 Å². The largest absolute Gasteiger partial charge is 0.481 e. The van der Waals surface area contributed by atoms with Gasteiger partial charge in [0.05, 0.1) is 12.5 Å². The van der Waals surface area contributed by atoms with E-state index >= 15 is 0 Å². The number of nitrogens with zero attached hydrogens (tertiary/aromatic N) is 1. The van der Waals surface area contributed by atoms with E-state index in [4.69, 9.17) is 5.11 Å². The van der Waals surface area contributed by atoms with Gasteiger partial charge in [0.1, 0.15) is 0 Å². The number of aliphatic carboxylic acids is 1. The Kier molecular flexibility index (Phi) is 4.31. The van der Waals surface area contributed by atoms with Gasteiger partial charge in [-0.1, -0.05) is 13.8 Å². The van der Waals surface area contributed by atoms with Crippen LogP contribution in [0.5, 0.6) is 0 Å². The molecule has 94 valence electrons. The van der Waals surface area contributed by atoms with Crippen LogP contribution in [-0.4, -0.2) is 21.6 Å². The van der Waals surface area contributed by atoms with Crippen LogP contribution in [0.2, 0.25) is 0 Å². The summed E-state index contributed by atoms with van der Waals surface area (Å²) in [5.41, 5.74) is 0.980. The van der Waals surface area contributed by atoms with Gasteiger partial charge in [-0.15, -0.1) is 0 Å². The van der Waals surface area contributed by atoms with Crippen LogP contribution >= 0.6 is 0 Å². The summed E-state index contributed by atoms with van der Waals surface area (Å²) in [6.45, 7) is 3.58. The molecule has 1 amide bonds. The van der Waals surface area contributed by atoms with Crippen molar-refractivity contribution in [2.75, 3.05) is 0 Å². The molecular formula is C12H18N2O3. The van der Waals surface area contributed by atoms with Crippen molar-refractivity contribution in [2.24, 2.45) is 18.9 Å². The summed E-state index contributed by atoms with van der Waals surface area (Å²) in [6, 6.07) is 3.80. The van der Waals surface area contributed by atoms with Crippen LogP contribution in [-0.2, 0) is 23.2 Å². The van der Waals surface area contributed by atoms with Gasteiger partial charge in [-0.25, -0.2) is 0 Å². The lowest BCUT2D eigenvalue weighted by molar-refractivity contribution is -0.146. The number of nitrogens with one attached hydrogen (secondary N) is 1. The van der Waals surface area contributed by atoms with Crippen LogP contribution in [0.1, 0.15) is 19.5 Å². The maximum absolute atomic E-state index is 11.7. The third kappa shape index (κ3) is 3.34. The number of hydrogen-bond donors (Lipinski definition) is 2. The first-order chi connectivity index (χ1) is 7.93. The van der Waals surface area contributed by atoms with Gasteiger partial charge < -0.3 is 15.0 Å². The Morgan fingerprint density at radius 2 is 2.06 bits per heavy atom. The van der Waals surface area contributed by atoms with Gasteiger partial charge in [-0.05, 0) is 12.1 Å². The Morgan fingerprint density at radius 3 is 2.53 bits per heavy atom. The van der Waals surface area contributed by atoms with Crippen LogP contribution in [0.25, 0.3) is 0 Å². The first kappa shape index (κ1) is 13.3. The van der Waals surface area contributed by atoms with Gasteiger partial charge in [-0.2, -0.15) is 0 Å². The molecule has 2 atom stereocenters. The van der Waals surface area contributed by atoms with Crippen molar-refractivity contribution in [2.45, 2.75) is 20.4 Å². The fourth-order valence-electron chi connectivity index (χ4n) is 1.46. The SMILES string of the molecule is CC(C(=O)O)C(C)C(=O)NCc1cccn1C. The average Bonchev–Trinajstić information content (AvgIpc) is 2.69. The van der Waals surface area contributed by atoms with Crippen molar-refractivity contribution in [1.82, 2.24) is 9.88 Å². The third-order valence-electron chi connectivity index (χ3n) is 3.05. The Morgan fingerprint density at radius 1 is 1.41 bits per heavy atom. The van der Waals surface area contributed by atoms with Crippen molar-refractivity contribution in [3.63, 3.8) is 0 Å². The van der Waals surface area contributed by atoms with Crippen molar-refractivity contribution in [3.05, 3.63) is 24.0 Å². The highest BCUT2D eigenvalue weighted by atomic mass is 16.4. The zero-order valence-electron chi connectivity index (χ0n) is 10.3. The van der Waals surface area contributed by atoms with Crippen LogP contribution in [0.4, 0.5) is 0 Å². The van der Waals surface area contributed by atoms with Crippen LogP contribution in [0.15, 0.2) is 18.3 Å². The molecule has 2 unspecified atom stereocenters. The van der Waals surface area contributed by atoms with Gasteiger partial charge in [0.15, 0.2) is 0 Å². The molecule has 0 radical (unpaired) electrons. The number of hydrogen-bond acceptors (Lipinski definition) is 2. The minimum absolute atomic E-state index is 0.235. The standard InChI is InChI=1S/C12H18N2O3/c1-8(9(2)12(16)17)11(15)13-7-10-5-4-6-14(10)3/h4-6,8-9H,7H2,1-3H3,(H,13,15)(H,16,17). The highest BCUT2D eigenvalue weighted by Crippen LogP contribution is 2.11. The Hall–Kier alpha value is -1.78. The van der Waals surface area contributed by atoms with Crippen molar-refractivity contribution >= 4 is 11.9 Å². The van der Waals surface area contributed by atoms with Crippen LogP contribution < -0.4 is 5.32 Å². The normalized spacial score (nSPS) is 14.1. The van der Waals surface area contributed by atoms with Crippen LogP contribution in [0.3, 0.4) is 0 Å². The predicted molar refractivity (Wildman–Crippen MR) is 63.2 cm³/mol. The molecule has 5 nitrogen and oxygen atoms in total. The lowest BCUT2D eigenvalue weighted by atomic mass is 9.95. The monoisotopic (exact) mass is 238 g/mol. The molecule has 5 heteroatoms. The second kappa shape index (κ2) is 5.52. The summed E-state index contributed by atoms with van der Waals surface area (Å²) < 4.78 is 1.91. The first-order valence-electron chi connectivity index (χ1n) is 5.54. The van der Waals surface area contributed by atoms with Gasteiger partial charge in [0, 0.05) is 24.9 Å². The number of carboxylic acids is 1. The number of carbonyl (C=O) groups is 2. The zero-order chi connectivity index (χ0) is 13.0. The minimum Gasteiger partial charge on any atom is -0.481 e.